The van der Waals surface area contributed by atoms with E-state index >= 15 is 0 Å². The summed E-state index contributed by atoms with van der Waals surface area (Å²) in [6.07, 6.45) is 0.961. The van der Waals surface area contributed by atoms with Gasteiger partial charge < -0.3 is 10.1 Å². The highest BCUT2D eigenvalue weighted by Gasteiger charge is 2.33. The van der Waals surface area contributed by atoms with Crippen molar-refractivity contribution in [3.05, 3.63) is 48.0 Å². The summed E-state index contributed by atoms with van der Waals surface area (Å²) in [6, 6.07) is 12.5. The van der Waals surface area contributed by atoms with Crippen LogP contribution in [0.2, 0.25) is 0 Å². The molecule has 30 heavy (non-hydrogen) atoms. The fourth-order valence-corrected chi connectivity index (χ4v) is 5.83. The number of nitrogens with one attached hydrogen (secondary N) is 1. The van der Waals surface area contributed by atoms with Gasteiger partial charge in [0, 0.05) is 25.6 Å². The number of hydrogen-bond acceptors (Lipinski definition) is 7. The Morgan fingerprint density at radius 3 is 2.73 bits per heavy atom. The van der Waals surface area contributed by atoms with Crippen LogP contribution in [0.3, 0.4) is 0 Å². The van der Waals surface area contributed by atoms with E-state index in [2.05, 4.69) is 14.1 Å². The Labute approximate surface area is 179 Å². The average Bonchev–Trinajstić information content (AvgIpc) is 3.26. The van der Waals surface area contributed by atoms with E-state index in [1.165, 1.54) is 4.31 Å². The molecule has 1 aromatic heterocycles. The molecule has 2 heterocycles. The lowest BCUT2D eigenvalue weighted by atomic mass is 9.97. The molecule has 0 unspecified atom stereocenters. The number of carbonyl (C=O) groups excluding carboxylic acids is 1. The molecule has 10 heteroatoms. The van der Waals surface area contributed by atoms with Gasteiger partial charge in [0.1, 0.15) is 21.7 Å². The third kappa shape index (κ3) is 4.16. The number of ether oxygens (including phenoxy) is 1. The first-order valence-corrected chi connectivity index (χ1v) is 11.8. The fraction of sp³-hybridized carbons (Fsp3) is 0.350. The summed E-state index contributed by atoms with van der Waals surface area (Å²) >= 11 is 0.996. The number of nitrogens with zero attached hydrogens (tertiary/aromatic N) is 3. The number of sulfonamides is 1. The number of benzene rings is 2. The molecule has 158 valence electrons. The lowest BCUT2D eigenvalue weighted by Crippen LogP contribution is -2.42. The lowest BCUT2D eigenvalue weighted by Gasteiger charge is -2.30. The minimum atomic E-state index is -3.68. The molecule has 1 N–H and O–H groups in total. The van der Waals surface area contributed by atoms with Crippen LogP contribution in [-0.2, 0) is 21.4 Å². The molecule has 4 rings (SSSR count). The molecule has 0 spiro atoms. The standard InChI is InChI=1S/C20H22N4O4S2/c1-28-16-5-2-4-14(12-16)13-21-20(25)15-8-10-24(11-9-15)30(26,27)18-7-3-6-17-19(18)23-29-22-17/h2-7,12,15H,8-11,13H2,1H3,(H,21,25). The van der Waals surface area contributed by atoms with Crippen LogP contribution < -0.4 is 10.1 Å². The minimum absolute atomic E-state index is 0.0549. The molecule has 1 aliphatic rings. The summed E-state index contributed by atoms with van der Waals surface area (Å²) in [7, 11) is -2.08. The van der Waals surface area contributed by atoms with Crippen LogP contribution in [0.5, 0.6) is 5.75 Å². The highest BCUT2D eigenvalue weighted by molar-refractivity contribution is 7.89. The van der Waals surface area contributed by atoms with Crippen LogP contribution in [0.4, 0.5) is 0 Å². The van der Waals surface area contributed by atoms with Gasteiger partial charge in [-0.3, -0.25) is 4.79 Å². The third-order valence-electron chi connectivity index (χ3n) is 5.29. The molecule has 1 saturated heterocycles. The van der Waals surface area contributed by atoms with E-state index in [4.69, 9.17) is 4.74 Å². The number of methoxy groups -OCH3 is 1. The van der Waals surface area contributed by atoms with Crippen molar-refractivity contribution in [1.82, 2.24) is 18.4 Å². The zero-order valence-corrected chi connectivity index (χ0v) is 18.1. The van der Waals surface area contributed by atoms with Crippen molar-refractivity contribution in [1.29, 1.82) is 0 Å². The Morgan fingerprint density at radius 2 is 1.97 bits per heavy atom. The van der Waals surface area contributed by atoms with Crippen LogP contribution in [0.1, 0.15) is 18.4 Å². The van der Waals surface area contributed by atoms with Gasteiger partial charge in [0.25, 0.3) is 0 Å². The van der Waals surface area contributed by atoms with E-state index in [0.29, 0.717) is 43.5 Å². The van der Waals surface area contributed by atoms with Crippen LogP contribution in [-0.4, -0.2) is 47.6 Å². The number of carbonyl (C=O) groups is 1. The molecule has 0 bridgehead atoms. The molecule has 3 aromatic rings. The minimum Gasteiger partial charge on any atom is -0.497 e. The van der Waals surface area contributed by atoms with Crippen LogP contribution >= 0.6 is 11.7 Å². The molecule has 1 amide bonds. The second kappa shape index (κ2) is 8.66. The molecule has 8 nitrogen and oxygen atoms in total. The number of aromatic nitrogens is 2. The largest absolute Gasteiger partial charge is 0.497 e. The number of piperidine rings is 1. The van der Waals surface area contributed by atoms with E-state index in [0.717, 1.165) is 23.0 Å². The van der Waals surface area contributed by atoms with Crippen LogP contribution in [0, 0.1) is 5.92 Å². The summed E-state index contributed by atoms with van der Waals surface area (Å²) in [5.74, 6) is 0.477. The van der Waals surface area contributed by atoms with Gasteiger partial charge in [-0.05, 0) is 42.7 Å². The summed E-state index contributed by atoms with van der Waals surface area (Å²) < 4.78 is 41.1. The van der Waals surface area contributed by atoms with Crippen LogP contribution in [0.25, 0.3) is 11.0 Å². The Balaban J connectivity index is 1.37. The second-order valence-corrected chi connectivity index (χ2v) is 9.57. The van der Waals surface area contributed by atoms with Gasteiger partial charge in [-0.15, -0.1) is 0 Å². The fourth-order valence-electron chi connectivity index (χ4n) is 3.60. The van der Waals surface area contributed by atoms with Gasteiger partial charge >= 0.3 is 0 Å². The van der Waals surface area contributed by atoms with Gasteiger partial charge in [0.2, 0.25) is 15.9 Å². The molecule has 0 radical (unpaired) electrons. The summed E-state index contributed by atoms with van der Waals surface area (Å²) in [5.41, 5.74) is 1.93. The maximum Gasteiger partial charge on any atom is 0.245 e. The molecule has 0 saturated carbocycles. The molecule has 2 aromatic carbocycles. The zero-order valence-electron chi connectivity index (χ0n) is 16.4. The quantitative estimate of drug-likeness (QED) is 0.624. The Kier molecular flexibility index (Phi) is 5.98. The average molecular weight is 447 g/mol. The predicted molar refractivity (Wildman–Crippen MR) is 114 cm³/mol. The highest BCUT2D eigenvalue weighted by atomic mass is 32.2. The smallest absolute Gasteiger partial charge is 0.245 e. The SMILES string of the molecule is COc1cccc(CNC(=O)C2CCN(S(=O)(=O)c3cccc4nsnc34)CC2)c1. The number of rotatable bonds is 6. The molecule has 0 atom stereocenters. The lowest BCUT2D eigenvalue weighted by molar-refractivity contribution is -0.126. The van der Waals surface area contributed by atoms with Gasteiger partial charge in [-0.2, -0.15) is 13.1 Å². The summed E-state index contributed by atoms with van der Waals surface area (Å²) in [6.45, 7) is 1.01. The first-order chi connectivity index (χ1) is 14.5. The van der Waals surface area contributed by atoms with Crippen molar-refractivity contribution in [2.75, 3.05) is 20.2 Å². The maximum absolute atomic E-state index is 13.1. The Hall–Kier alpha value is -2.56. The van der Waals surface area contributed by atoms with Crippen molar-refractivity contribution in [3.63, 3.8) is 0 Å². The van der Waals surface area contributed by atoms with Gasteiger partial charge in [-0.1, -0.05) is 18.2 Å². The number of amides is 1. The Bertz CT molecular complexity index is 1150. The summed E-state index contributed by atoms with van der Waals surface area (Å²) in [5, 5.41) is 2.95. The normalized spacial score (nSPS) is 15.9. The van der Waals surface area contributed by atoms with Crippen molar-refractivity contribution in [3.8, 4) is 5.75 Å². The highest BCUT2D eigenvalue weighted by Crippen LogP contribution is 2.28. The van der Waals surface area contributed by atoms with Gasteiger partial charge in [0.05, 0.1) is 18.8 Å². The molecule has 1 aliphatic heterocycles. The summed E-state index contributed by atoms with van der Waals surface area (Å²) in [4.78, 5) is 12.7. The first kappa shape index (κ1) is 20.7. The second-order valence-electron chi connectivity index (χ2n) is 7.14. The van der Waals surface area contributed by atoms with Gasteiger partial charge in [-0.25, -0.2) is 8.42 Å². The molecular weight excluding hydrogens is 424 g/mol. The first-order valence-electron chi connectivity index (χ1n) is 9.61. The van der Waals surface area contributed by atoms with Crippen molar-refractivity contribution in [2.45, 2.75) is 24.3 Å². The van der Waals surface area contributed by atoms with E-state index in [1.54, 1.807) is 25.3 Å². The number of hydrogen-bond donors (Lipinski definition) is 1. The van der Waals surface area contributed by atoms with Gasteiger partial charge in [0.15, 0.2) is 0 Å². The molecule has 1 fully saturated rings. The van der Waals surface area contributed by atoms with E-state index in [-0.39, 0.29) is 16.7 Å². The van der Waals surface area contributed by atoms with E-state index in [1.807, 2.05) is 24.3 Å². The van der Waals surface area contributed by atoms with Crippen molar-refractivity contribution in [2.24, 2.45) is 5.92 Å². The topological polar surface area (TPSA) is 101 Å². The number of fused-ring (bicyclic) bond motifs is 1. The predicted octanol–water partition coefficient (Wildman–Crippen LogP) is 2.42. The van der Waals surface area contributed by atoms with E-state index < -0.39 is 10.0 Å². The molecule has 0 aliphatic carbocycles. The third-order valence-corrected chi connectivity index (χ3v) is 7.77. The Morgan fingerprint density at radius 1 is 1.20 bits per heavy atom. The maximum atomic E-state index is 13.1. The molecular formula is C20H22N4O4S2. The van der Waals surface area contributed by atoms with Crippen molar-refractivity contribution < 1.29 is 17.9 Å². The monoisotopic (exact) mass is 446 g/mol. The van der Waals surface area contributed by atoms with Crippen LogP contribution in [0.15, 0.2) is 47.4 Å². The van der Waals surface area contributed by atoms with Crippen molar-refractivity contribution >= 4 is 38.7 Å². The zero-order chi connectivity index (χ0) is 21.1. The van der Waals surface area contributed by atoms with E-state index in [9.17, 15) is 13.2 Å².